The van der Waals surface area contributed by atoms with E-state index in [-0.39, 0.29) is 0 Å². The van der Waals surface area contributed by atoms with Gasteiger partial charge in [0.25, 0.3) is 0 Å². The Kier molecular flexibility index (Phi) is 3.31. The molecule has 2 saturated carbocycles. The molecule has 0 saturated heterocycles. The first-order chi connectivity index (χ1) is 9.13. The Hall–Kier alpha value is -1.35. The van der Waals surface area contributed by atoms with Crippen LogP contribution in [0.25, 0.3) is 0 Å². The third-order valence-corrected chi connectivity index (χ3v) is 4.90. The number of rotatable bonds is 4. The fourth-order valence-electron chi connectivity index (χ4n) is 3.91. The molecule has 2 fully saturated rings. The van der Waals surface area contributed by atoms with Gasteiger partial charge in [0.05, 0.1) is 5.56 Å². The summed E-state index contributed by atoms with van der Waals surface area (Å²) < 4.78 is 0. The van der Waals surface area contributed by atoms with E-state index in [1.54, 1.807) is 12.1 Å². The zero-order valence-electron chi connectivity index (χ0n) is 11.4. The zero-order valence-corrected chi connectivity index (χ0v) is 11.4. The van der Waals surface area contributed by atoms with Gasteiger partial charge < -0.3 is 5.11 Å². The number of carbonyl (C=O) groups is 1. The maximum atomic E-state index is 10.8. The Balaban J connectivity index is 1.63. The van der Waals surface area contributed by atoms with Gasteiger partial charge in [-0.3, -0.25) is 4.90 Å². The highest BCUT2D eigenvalue weighted by atomic mass is 16.4. The summed E-state index contributed by atoms with van der Waals surface area (Å²) in [5, 5.41) is 8.89. The SMILES string of the molecule is CN(Cc1ccc(C(=O)O)cc1)C1CC2CCC1C2. The fourth-order valence-corrected chi connectivity index (χ4v) is 3.91. The summed E-state index contributed by atoms with van der Waals surface area (Å²) in [5.74, 6) is 1.01. The van der Waals surface area contributed by atoms with E-state index >= 15 is 0 Å². The smallest absolute Gasteiger partial charge is 0.335 e. The van der Waals surface area contributed by atoms with Crippen LogP contribution in [0.5, 0.6) is 0 Å². The van der Waals surface area contributed by atoms with Gasteiger partial charge in [-0.1, -0.05) is 18.6 Å². The van der Waals surface area contributed by atoms with E-state index in [0.29, 0.717) is 5.56 Å². The average molecular weight is 259 g/mol. The molecule has 1 aromatic carbocycles. The number of hydrogen-bond acceptors (Lipinski definition) is 2. The summed E-state index contributed by atoms with van der Waals surface area (Å²) in [7, 11) is 2.20. The Morgan fingerprint density at radius 3 is 2.53 bits per heavy atom. The standard InChI is InChI=1S/C16H21NO2/c1-17(15-9-12-4-7-14(15)8-12)10-11-2-5-13(6-3-11)16(18)19/h2-3,5-6,12,14-15H,4,7-10H2,1H3,(H,18,19). The van der Waals surface area contributed by atoms with Crippen molar-refractivity contribution in [1.29, 1.82) is 0 Å². The summed E-state index contributed by atoms with van der Waals surface area (Å²) in [6.45, 7) is 0.924. The van der Waals surface area contributed by atoms with Gasteiger partial charge >= 0.3 is 5.97 Å². The van der Waals surface area contributed by atoms with Crippen LogP contribution in [0.4, 0.5) is 0 Å². The molecule has 3 atom stereocenters. The predicted octanol–water partition coefficient (Wildman–Crippen LogP) is 3.01. The number of fused-ring (bicyclic) bond motifs is 2. The molecule has 3 rings (SSSR count). The Bertz CT molecular complexity index is 468. The molecule has 1 N–H and O–H groups in total. The molecule has 0 radical (unpaired) electrons. The second-order valence-corrected chi connectivity index (χ2v) is 6.16. The molecule has 0 aliphatic heterocycles. The molecule has 0 amide bonds. The first-order valence-corrected chi connectivity index (χ1v) is 7.16. The lowest BCUT2D eigenvalue weighted by molar-refractivity contribution is 0.0697. The third kappa shape index (κ3) is 2.52. The number of carboxylic acids is 1. The van der Waals surface area contributed by atoms with E-state index in [0.717, 1.165) is 24.4 Å². The Morgan fingerprint density at radius 1 is 1.26 bits per heavy atom. The molecule has 19 heavy (non-hydrogen) atoms. The van der Waals surface area contributed by atoms with Gasteiger partial charge in [-0.15, -0.1) is 0 Å². The minimum atomic E-state index is -0.854. The minimum Gasteiger partial charge on any atom is -0.478 e. The summed E-state index contributed by atoms with van der Waals surface area (Å²) in [6, 6.07) is 8.01. The second-order valence-electron chi connectivity index (χ2n) is 6.16. The van der Waals surface area contributed by atoms with Crippen LogP contribution in [0.15, 0.2) is 24.3 Å². The van der Waals surface area contributed by atoms with Gasteiger partial charge in [-0.25, -0.2) is 4.79 Å². The zero-order chi connectivity index (χ0) is 13.4. The van der Waals surface area contributed by atoms with Crippen molar-refractivity contribution in [3.05, 3.63) is 35.4 Å². The van der Waals surface area contributed by atoms with Crippen molar-refractivity contribution >= 4 is 5.97 Å². The van der Waals surface area contributed by atoms with Crippen LogP contribution in [-0.2, 0) is 6.54 Å². The molecule has 0 spiro atoms. The molecule has 3 unspecified atom stereocenters. The highest BCUT2D eigenvalue weighted by molar-refractivity contribution is 5.87. The largest absolute Gasteiger partial charge is 0.478 e. The monoisotopic (exact) mass is 259 g/mol. The summed E-state index contributed by atoms with van der Waals surface area (Å²) in [6.07, 6.45) is 5.61. The van der Waals surface area contributed by atoms with E-state index in [9.17, 15) is 4.79 Å². The maximum absolute atomic E-state index is 10.8. The van der Waals surface area contributed by atoms with Crippen LogP contribution >= 0.6 is 0 Å². The number of benzene rings is 1. The maximum Gasteiger partial charge on any atom is 0.335 e. The summed E-state index contributed by atoms with van der Waals surface area (Å²) in [4.78, 5) is 13.3. The first-order valence-electron chi connectivity index (χ1n) is 7.16. The molecular formula is C16H21NO2. The highest BCUT2D eigenvalue weighted by Crippen LogP contribution is 2.46. The van der Waals surface area contributed by atoms with E-state index < -0.39 is 5.97 Å². The van der Waals surface area contributed by atoms with Crippen LogP contribution in [-0.4, -0.2) is 29.1 Å². The molecule has 2 bridgehead atoms. The minimum absolute atomic E-state index is 0.367. The first kappa shape index (κ1) is 12.7. The second kappa shape index (κ2) is 4.97. The number of aromatic carboxylic acids is 1. The van der Waals surface area contributed by atoms with E-state index in [2.05, 4.69) is 11.9 Å². The fraction of sp³-hybridized carbons (Fsp3) is 0.562. The van der Waals surface area contributed by atoms with Gasteiger partial charge in [0.2, 0.25) is 0 Å². The van der Waals surface area contributed by atoms with Gasteiger partial charge in [0, 0.05) is 12.6 Å². The molecule has 102 valence electrons. The normalized spacial score (nSPS) is 29.1. The molecule has 3 nitrogen and oxygen atoms in total. The van der Waals surface area contributed by atoms with Crippen molar-refractivity contribution in [3.63, 3.8) is 0 Å². The van der Waals surface area contributed by atoms with Crippen LogP contribution in [0.1, 0.15) is 41.6 Å². The van der Waals surface area contributed by atoms with Crippen LogP contribution in [0, 0.1) is 11.8 Å². The van der Waals surface area contributed by atoms with Gasteiger partial charge in [0.15, 0.2) is 0 Å². The molecule has 2 aliphatic rings. The molecule has 0 heterocycles. The number of hydrogen-bond donors (Lipinski definition) is 1. The van der Waals surface area contributed by atoms with Gasteiger partial charge in [-0.2, -0.15) is 0 Å². The van der Waals surface area contributed by atoms with Gasteiger partial charge in [0.1, 0.15) is 0 Å². The van der Waals surface area contributed by atoms with Crippen LogP contribution in [0.2, 0.25) is 0 Å². The van der Waals surface area contributed by atoms with Crippen molar-refractivity contribution in [2.75, 3.05) is 7.05 Å². The molecule has 0 aromatic heterocycles. The van der Waals surface area contributed by atoms with Crippen molar-refractivity contribution in [1.82, 2.24) is 4.90 Å². The van der Waals surface area contributed by atoms with E-state index in [4.69, 9.17) is 5.11 Å². The number of carboxylic acid groups (broad SMARTS) is 1. The lowest BCUT2D eigenvalue weighted by Gasteiger charge is -2.31. The van der Waals surface area contributed by atoms with Crippen LogP contribution in [0.3, 0.4) is 0 Å². The summed E-state index contributed by atoms with van der Waals surface area (Å²) >= 11 is 0. The third-order valence-electron chi connectivity index (χ3n) is 4.90. The lowest BCUT2D eigenvalue weighted by Crippen LogP contribution is -2.35. The molecule has 2 aliphatic carbocycles. The average Bonchev–Trinajstić information content (AvgIpc) is 3.01. The Morgan fingerprint density at radius 2 is 2.00 bits per heavy atom. The van der Waals surface area contributed by atoms with E-state index in [1.807, 2.05) is 12.1 Å². The van der Waals surface area contributed by atoms with Gasteiger partial charge in [-0.05, 0) is 55.8 Å². The number of nitrogens with zero attached hydrogens (tertiary/aromatic N) is 1. The predicted molar refractivity (Wildman–Crippen MR) is 74.1 cm³/mol. The molecular weight excluding hydrogens is 238 g/mol. The molecule has 3 heteroatoms. The van der Waals surface area contributed by atoms with Crippen molar-refractivity contribution in [2.45, 2.75) is 38.3 Å². The van der Waals surface area contributed by atoms with Crippen molar-refractivity contribution in [3.8, 4) is 0 Å². The highest BCUT2D eigenvalue weighted by Gasteiger charge is 2.41. The summed E-state index contributed by atoms with van der Waals surface area (Å²) in [5.41, 5.74) is 1.57. The van der Waals surface area contributed by atoms with Crippen LogP contribution < -0.4 is 0 Å². The Labute approximate surface area is 114 Å². The molecule has 1 aromatic rings. The van der Waals surface area contributed by atoms with Crippen molar-refractivity contribution < 1.29 is 9.90 Å². The lowest BCUT2D eigenvalue weighted by atomic mass is 9.94. The van der Waals surface area contributed by atoms with E-state index in [1.165, 1.54) is 31.2 Å². The topological polar surface area (TPSA) is 40.5 Å². The quantitative estimate of drug-likeness (QED) is 0.903. The van der Waals surface area contributed by atoms with Crippen molar-refractivity contribution in [2.24, 2.45) is 11.8 Å².